The van der Waals surface area contributed by atoms with E-state index in [1.807, 2.05) is 0 Å². The highest BCUT2D eigenvalue weighted by Crippen LogP contribution is 2.22. The van der Waals surface area contributed by atoms with Gasteiger partial charge in [0.25, 0.3) is 0 Å². The summed E-state index contributed by atoms with van der Waals surface area (Å²) in [4.78, 5) is 23.2. The van der Waals surface area contributed by atoms with Gasteiger partial charge in [-0.15, -0.1) is 0 Å². The number of halogens is 2. The molecule has 1 amide bonds. The summed E-state index contributed by atoms with van der Waals surface area (Å²) < 4.78 is 29.4. The largest absolute Gasteiger partial charge is 0.478 e. The number of carboxylic acids is 1. The van der Waals surface area contributed by atoms with Gasteiger partial charge < -0.3 is 15.2 Å². The molecule has 0 fully saturated rings. The van der Waals surface area contributed by atoms with Gasteiger partial charge in [0.1, 0.15) is 5.75 Å². The first-order chi connectivity index (χ1) is 12.4. The van der Waals surface area contributed by atoms with E-state index in [9.17, 15) is 18.4 Å². The van der Waals surface area contributed by atoms with Crippen LogP contribution < -0.4 is 10.1 Å². The van der Waals surface area contributed by atoms with Gasteiger partial charge in [0.2, 0.25) is 5.91 Å². The van der Waals surface area contributed by atoms with Crippen LogP contribution in [0.15, 0.2) is 42.5 Å². The predicted molar refractivity (Wildman–Crippen MR) is 91.4 cm³/mol. The minimum atomic E-state index is -2.94. The first-order valence-electron chi connectivity index (χ1n) is 7.99. The Kier molecular flexibility index (Phi) is 6.66. The summed E-state index contributed by atoms with van der Waals surface area (Å²) in [7, 11) is 0. The van der Waals surface area contributed by atoms with Crippen molar-refractivity contribution in [1.29, 1.82) is 0 Å². The van der Waals surface area contributed by atoms with Crippen molar-refractivity contribution in [3.8, 4) is 5.75 Å². The molecule has 138 valence electrons. The van der Waals surface area contributed by atoms with Gasteiger partial charge >= 0.3 is 12.6 Å². The van der Waals surface area contributed by atoms with E-state index in [0.29, 0.717) is 11.1 Å². The summed E-state index contributed by atoms with van der Waals surface area (Å²) in [5, 5.41) is 11.8. The molecule has 2 rings (SSSR count). The molecule has 26 heavy (non-hydrogen) atoms. The van der Waals surface area contributed by atoms with Gasteiger partial charge in [-0.25, -0.2) is 4.79 Å². The zero-order chi connectivity index (χ0) is 19.1. The normalized spacial score (nSPS) is 10.6. The smallest absolute Gasteiger partial charge is 0.387 e. The first-order valence-corrected chi connectivity index (χ1v) is 7.99. The van der Waals surface area contributed by atoms with Gasteiger partial charge in [0.05, 0.1) is 5.56 Å². The van der Waals surface area contributed by atoms with E-state index in [4.69, 9.17) is 5.11 Å². The number of carbonyl (C=O) groups is 2. The first kappa shape index (κ1) is 19.4. The van der Waals surface area contributed by atoms with Crippen molar-refractivity contribution in [1.82, 2.24) is 5.32 Å². The summed E-state index contributed by atoms with van der Waals surface area (Å²) in [5.74, 6) is -1.34. The third-order valence-electron chi connectivity index (χ3n) is 3.78. The quantitative estimate of drug-likeness (QED) is 0.752. The van der Waals surface area contributed by atoms with Crippen molar-refractivity contribution in [3.05, 3.63) is 64.7 Å². The van der Waals surface area contributed by atoms with Gasteiger partial charge in [0, 0.05) is 18.5 Å². The second-order valence-electron chi connectivity index (χ2n) is 5.73. The molecule has 2 aromatic carbocycles. The molecule has 2 N–H and O–H groups in total. The number of aromatic carboxylic acids is 1. The molecule has 0 bridgehead atoms. The Labute approximate surface area is 149 Å². The second kappa shape index (κ2) is 8.94. The summed E-state index contributed by atoms with van der Waals surface area (Å²) >= 11 is 0. The number of nitrogens with one attached hydrogen (secondary N) is 1. The SMILES string of the molecule is Cc1ccc(OC(F)F)c(CNC(=O)CCc2ccccc2C(=O)O)c1. The van der Waals surface area contributed by atoms with Gasteiger partial charge in [-0.1, -0.05) is 35.9 Å². The van der Waals surface area contributed by atoms with Crippen LogP contribution in [-0.4, -0.2) is 23.6 Å². The fourth-order valence-electron chi connectivity index (χ4n) is 2.53. The number of aryl methyl sites for hydroxylation is 2. The molecule has 7 heteroatoms. The minimum absolute atomic E-state index is 0.0159. The molecule has 0 atom stereocenters. The number of carboxylic acid groups (broad SMARTS) is 1. The van der Waals surface area contributed by atoms with Crippen molar-refractivity contribution >= 4 is 11.9 Å². The molecule has 0 saturated carbocycles. The number of carbonyl (C=O) groups excluding carboxylic acids is 1. The Balaban J connectivity index is 1.95. The molecule has 0 aliphatic carbocycles. The molecule has 2 aromatic rings. The molecular weight excluding hydrogens is 344 g/mol. The monoisotopic (exact) mass is 363 g/mol. The molecule has 0 unspecified atom stereocenters. The Hall–Kier alpha value is -2.96. The van der Waals surface area contributed by atoms with E-state index in [1.165, 1.54) is 12.1 Å². The highest BCUT2D eigenvalue weighted by atomic mass is 19.3. The minimum Gasteiger partial charge on any atom is -0.478 e. The number of ether oxygens (including phenoxy) is 1. The van der Waals surface area contributed by atoms with Crippen molar-refractivity contribution < 1.29 is 28.2 Å². The number of rotatable bonds is 8. The van der Waals surface area contributed by atoms with Crippen molar-refractivity contribution in [2.75, 3.05) is 0 Å². The highest BCUT2D eigenvalue weighted by molar-refractivity contribution is 5.89. The molecule has 0 spiro atoms. The van der Waals surface area contributed by atoms with Crippen LogP contribution in [0, 0.1) is 6.92 Å². The van der Waals surface area contributed by atoms with Crippen LogP contribution in [0.5, 0.6) is 5.75 Å². The molecule has 0 aliphatic rings. The van der Waals surface area contributed by atoms with Crippen molar-refractivity contribution in [2.24, 2.45) is 0 Å². The van der Waals surface area contributed by atoms with Crippen LogP contribution in [0.3, 0.4) is 0 Å². The predicted octanol–water partition coefficient (Wildman–Crippen LogP) is 3.54. The average Bonchev–Trinajstić information content (AvgIpc) is 2.59. The van der Waals surface area contributed by atoms with Crippen LogP contribution >= 0.6 is 0 Å². The van der Waals surface area contributed by atoms with Crippen LogP contribution in [-0.2, 0) is 17.8 Å². The maximum atomic E-state index is 12.5. The second-order valence-corrected chi connectivity index (χ2v) is 5.73. The fraction of sp³-hybridized carbons (Fsp3) is 0.263. The number of amides is 1. The Morgan fingerprint density at radius 1 is 1.15 bits per heavy atom. The lowest BCUT2D eigenvalue weighted by Crippen LogP contribution is -2.24. The third-order valence-corrected chi connectivity index (χ3v) is 3.78. The van der Waals surface area contributed by atoms with E-state index in [1.54, 1.807) is 37.3 Å². The Morgan fingerprint density at radius 2 is 1.88 bits per heavy atom. The fourth-order valence-corrected chi connectivity index (χ4v) is 2.53. The van der Waals surface area contributed by atoms with E-state index in [-0.39, 0.29) is 36.6 Å². The number of benzene rings is 2. The lowest BCUT2D eigenvalue weighted by atomic mass is 10.0. The van der Waals surface area contributed by atoms with Crippen LogP contribution in [0.1, 0.15) is 33.5 Å². The zero-order valence-corrected chi connectivity index (χ0v) is 14.2. The number of alkyl halides is 2. The summed E-state index contributed by atoms with van der Waals surface area (Å²) in [5.41, 5.74) is 2.02. The summed E-state index contributed by atoms with van der Waals surface area (Å²) in [6.07, 6.45) is 0.351. The van der Waals surface area contributed by atoms with E-state index >= 15 is 0 Å². The highest BCUT2D eigenvalue weighted by Gasteiger charge is 2.13. The number of hydrogen-bond acceptors (Lipinski definition) is 3. The van der Waals surface area contributed by atoms with Gasteiger partial charge in [0.15, 0.2) is 0 Å². The number of hydrogen-bond donors (Lipinski definition) is 2. The molecule has 0 saturated heterocycles. The van der Waals surface area contributed by atoms with Gasteiger partial charge in [-0.05, 0) is 31.0 Å². The van der Waals surface area contributed by atoms with Gasteiger partial charge in [-0.2, -0.15) is 8.78 Å². The topological polar surface area (TPSA) is 75.6 Å². The standard InChI is InChI=1S/C19H19F2NO4/c1-12-6-8-16(26-19(20)21)14(10-12)11-22-17(23)9-7-13-4-2-3-5-15(13)18(24)25/h2-6,8,10,19H,7,9,11H2,1H3,(H,22,23)(H,24,25). The Morgan fingerprint density at radius 3 is 2.58 bits per heavy atom. The molecule has 0 heterocycles. The maximum Gasteiger partial charge on any atom is 0.387 e. The van der Waals surface area contributed by atoms with E-state index < -0.39 is 12.6 Å². The lowest BCUT2D eigenvalue weighted by Gasteiger charge is -2.12. The molecule has 0 radical (unpaired) electrons. The van der Waals surface area contributed by atoms with E-state index in [2.05, 4.69) is 10.1 Å². The summed E-state index contributed by atoms with van der Waals surface area (Å²) in [6.45, 7) is -1.09. The van der Waals surface area contributed by atoms with E-state index in [0.717, 1.165) is 5.56 Å². The Bertz CT molecular complexity index is 793. The zero-order valence-electron chi connectivity index (χ0n) is 14.2. The van der Waals surface area contributed by atoms with Crippen LogP contribution in [0.4, 0.5) is 8.78 Å². The summed E-state index contributed by atoms with van der Waals surface area (Å²) in [6, 6.07) is 11.2. The van der Waals surface area contributed by atoms with Crippen molar-refractivity contribution in [3.63, 3.8) is 0 Å². The molecule has 5 nitrogen and oxygen atoms in total. The van der Waals surface area contributed by atoms with Crippen molar-refractivity contribution in [2.45, 2.75) is 32.9 Å². The molecule has 0 aromatic heterocycles. The third kappa shape index (κ3) is 5.54. The average molecular weight is 363 g/mol. The van der Waals surface area contributed by atoms with Crippen LogP contribution in [0.2, 0.25) is 0 Å². The maximum absolute atomic E-state index is 12.5. The van der Waals surface area contributed by atoms with Crippen LogP contribution in [0.25, 0.3) is 0 Å². The van der Waals surface area contributed by atoms with Gasteiger partial charge in [-0.3, -0.25) is 4.79 Å². The molecule has 0 aliphatic heterocycles. The lowest BCUT2D eigenvalue weighted by molar-refractivity contribution is -0.121. The molecular formula is C19H19F2NO4.